The van der Waals surface area contributed by atoms with Crippen molar-refractivity contribution in [3.05, 3.63) is 58.3 Å². The Bertz CT molecular complexity index is 947. The third-order valence-electron chi connectivity index (χ3n) is 3.37. The topological polar surface area (TPSA) is 68.3 Å². The largest absolute Gasteiger partial charge is 0.465 e. The Hall–Kier alpha value is -2.80. The predicted octanol–water partition coefficient (Wildman–Crippen LogP) is 3.78. The molecule has 0 spiro atoms. The molecule has 0 saturated heterocycles. The first-order chi connectivity index (χ1) is 11.5. The van der Waals surface area contributed by atoms with Gasteiger partial charge >= 0.3 is 5.97 Å². The second-order valence-corrected chi connectivity index (χ2v) is 6.17. The Kier molecular flexibility index (Phi) is 4.26. The van der Waals surface area contributed by atoms with Crippen molar-refractivity contribution >= 4 is 39.1 Å². The Morgan fingerprint density at radius 1 is 1.21 bits per heavy atom. The molecule has 0 bridgehead atoms. The summed E-state index contributed by atoms with van der Waals surface area (Å²) in [5, 5.41) is 3.82. The number of nitrogens with one attached hydrogen (secondary N) is 1. The first-order valence-electron chi connectivity index (χ1n) is 7.04. The number of rotatable bonds is 3. The molecular weight excluding hydrogens is 331 g/mol. The highest BCUT2D eigenvalue weighted by Gasteiger charge is 2.15. The van der Waals surface area contributed by atoms with Crippen molar-refractivity contribution in [2.45, 2.75) is 6.92 Å². The number of pyridine rings is 1. The number of esters is 1. The summed E-state index contributed by atoms with van der Waals surface area (Å²) in [6.45, 7) is 1.74. The number of nitrogens with zero attached hydrogens (tertiary/aromatic N) is 1. The van der Waals surface area contributed by atoms with Crippen molar-refractivity contribution in [3.63, 3.8) is 0 Å². The molecule has 0 atom stereocenters. The summed E-state index contributed by atoms with van der Waals surface area (Å²) >= 11 is 1.12. The lowest BCUT2D eigenvalue weighted by Crippen LogP contribution is -2.12. The summed E-state index contributed by atoms with van der Waals surface area (Å²) in [5.74, 6) is -1.22. The van der Waals surface area contributed by atoms with Crippen molar-refractivity contribution in [1.82, 2.24) is 4.98 Å². The fraction of sp³-hybridized carbons (Fsp3) is 0.118. The zero-order chi connectivity index (χ0) is 17.3. The first-order valence-corrected chi connectivity index (χ1v) is 7.86. The maximum Gasteiger partial charge on any atom is 0.348 e. The first kappa shape index (κ1) is 16.1. The lowest BCUT2D eigenvalue weighted by Gasteiger charge is -2.08. The number of aromatic nitrogens is 1. The van der Waals surface area contributed by atoms with Gasteiger partial charge in [0.25, 0.3) is 5.91 Å². The molecule has 7 heteroatoms. The minimum atomic E-state index is -0.457. The van der Waals surface area contributed by atoms with E-state index in [0.717, 1.165) is 11.3 Å². The van der Waals surface area contributed by atoms with Crippen molar-refractivity contribution < 1.29 is 18.7 Å². The van der Waals surface area contributed by atoms with Gasteiger partial charge in [-0.05, 0) is 37.3 Å². The van der Waals surface area contributed by atoms with E-state index in [1.165, 1.54) is 25.3 Å². The zero-order valence-electron chi connectivity index (χ0n) is 12.9. The average Bonchev–Trinajstić information content (AvgIpc) is 3.01. The number of fused-ring (bicyclic) bond motifs is 1. The molecule has 24 heavy (non-hydrogen) atoms. The van der Waals surface area contributed by atoms with E-state index in [9.17, 15) is 14.0 Å². The molecule has 3 rings (SSSR count). The SMILES string of the molecule is COC(=O)c1ccc(NC(=O)c2cc(C)nc3cc(F)ccc23)s1. The van der Waals surface area contributed by atoms with Crippen LogP contribution in [0.5, 0.6) is 0 Å². The van der Waals surface area contributed by atoms with Crippen LogP contribution in [-0.2, 0) is 4.74 Å². The van der Waals surface area contributed by atoms with Gasteiger partial charge in [-0.2, -0.15) is 0 Å². The normalized spacial score (nSPS) is 10.6. The number of carbonyl (C=O) groups is 2. The number of thiophene rings is 1. The molecule has 1 aromatic carbocycles. The number of aryl methyl sites for hydroxylation is 1. The highest BCUT2D eigenvalue weighted by Crippen LogP contribution is 2.25. The number of anilines is 1. The summed E-state index contributed by atoms with van der Waals surface area (Å²) in [6.07, 6.45) is 0. The third-order valence-corrected chi connectivity index (χ3v) is 4.35. The highest BCUT2D eigenvalue weighted by molar-refractivity contribution is 7.18. The third kappa shape index (κ3) is 3.11. The smallest absolute Gasteiger partial charge is 0.348 e. The van der Waals surface area contributed by atoms with Gasteiger partial charge in [-0.1, -0.05) is 0 Å². The summed E-state index contributed by atoms with van der Waals surface area (Å²) in [5.41, 5.74) is 1.42. The number of halogens is 1. The Morgan fingerprint density at radius 2 is 2.00 bits per heavy atom. The number of methoxy groups -OCH3 is 1. The summed E-state index contributed by atoms with van der Waals surface area (Å²) in [7, 11) is 1.30. The molecular formula is C17H13FN2O3S. The van der Waals surface area contributed by atoms with Gasteiger partial charge in [-0.3, -0.25) is 9.78 Å². The van der Waals surface area contributed by atoms with Gasteiger partial charge in [0.05, 0.1) is 23.2 Å². The van der Waals surface area contributed by atoms with Crippen LogP contribution in [0.4, 0.5) is 9.39 Å². The number of benzene rings is 1. The standard InChI is InChI=1S/C17H13FN2O3S/c1-9-7-12(11-4-3-10(18)8-13(11)19-9)16(21)20-15-6-5-14(24-15)17(22)23-2/h3-8H,1-2H3,(H,20,21). The van der Waals surface area contributed by atoms with Crippen LogP contribution in [0.15, 0.2) is 36.4 Å². The maximum absolute atomic E-state index is 13.4. The molecule has 1 N–H and O–H groups in total. The molecule has 0 radical (unpaired) electrons. The van der Waals surface area contributed by atoms with Crippen molar-refractivity contribution in [2.24, 2.45) is 0 Å². The number of hydrogen-bond donors (Lipinski definition) is 1. The lowest BCUT2D eigenvalue weighted by atomic mass is 10.1. The van der Waals surface area contributed by atoms with Crippen LogP contribution in [-0.4, -0.2) is 24.0 Å². The number of hydrogen-bond acceptors (Lipinski definition) is 5. The molecule has 0 fully saturated rings. The van der Waals surface area contributed by atoms with E-state index in [1.807, 2.05) is 0 Å². The highest BCUT2D eigenvalue weighted by atomic mass is 32.1. The van der Waals surface area contributed by atoms with Crippen LogP contribution >= 0.6 is 11.3 Å². The molecule has 0 unspecified atom stereocenters. The summed E-state index contributed by atoms with van der Waals surface area (Å²) in [6, 6.07) is 8.96. The molecule has 2 aromatic heterocycles. The molecule has 0 aliphatic rings. The van der Waals surface area contributed by atoms with Crippen LogP contribution in [0.25, 0.3) is 10.9 Å². The minimum absolute atomic E-state index is 0.352. The van der Waals surface area contributed by atoms with Crippen molar-refractivity contribution in [1.29, 1.82) is 0 Å². The average molecular weight is 344 g/mol. The van der Waals surface area contributed by atoms with Gasteiger partial charge in [0.15, 0.2) is 0 Å². The van der Waals surface area contributed by atoms with Crippen LogP contribution in [0, 0.1) is 12.7 Å². The Balaban J connectivity index is 1.94. The van der Waals surface area contributed by atoms with E-state index < -0.39 is 11.8 Å². The minimum Gasteiger partial charge on any atom is -0.465 e. The van der Waals surface area contributed by atoms with Crippen molar-refractivity contribution in [2.75, 3.05) is 12.4 Å². The molecule has 2 heterocycles. The molecule has 0 aliphatic heterocycles. The van der Waals surface area contributed by atoms with Crippen LogP contribution in [0.2, 0.25) is 0 Å². The number of ether oxygens (including phenoxy) is 1. The fourth-order valence-electron chi connectivity index (χ4n) is 2.32. The predicted molar refractivity (Wildman–Crippen MR) is 90.0 cm³/mol. The second-order valence-electron chi connectivity index (χ2n) is 5.08. The van der Waals surface area contributed by atoms with Crippen LogP contribution in [0.1, 0.15) is 25.7 Å². The van der Waals surface area contributed by atoms with E-state index in [-0.39, 0.29) is 5.91 Å². The molecule has 0 aliphatic carbocycles. The molecule has 3 aromatic rings. The Labute approximate surface area is 141 Å². The van der Waals surface area contributed by atoms with Gasteiger partial charge in [0.1, 0.15) is 10.7 Å². The number of carbonyl (C=O) groups excluding carboxylic acids is 2. The Morgan fingerprint density at radius 3 is 2.75 bits per heavy atom. The second kappa shape index (κ2) is 6.37. The summed E-state index contributed by atoms with van der Waals surface area (Å²) < 4.78 is 18.0. The van der Waals surface area contributed by atoms with E-state index in [2.05, 4.69) is 15.0 Å². The lowest BCUT2D eigenvalue weighted by molar-refractivity contribution is 0.0606. The van der Waals surface area contributed by atoms with Gasteiger partial charge < -0.3 is 10.1 Å². The van der Waals surface area contributed by atoms with Crippen molar-refractivity contribution in [3.8, 4) is 0 Å². The molecule has 1 amide bonds. The van der Waals surface area contributed by atoms with E-state index >= 15 is 0 Å². The quantitative estimate of drug-likeness (QED) is 0.734. The zero-order valence-corrected chi connectivity index (χ0v) is 13.7. The van der Waals surface area contributed by atoms with Gasteiger partial charge in [0, 0.05) is 17.1 Å². The maximum atomic E-state index is 13.4. The van der Waals surface area contributed by atoms with E-state index in [0.29, 0.717) is 32.0 Å². The van der Waals surface area contributed by atoms with Crippen LogP contribution < -0.4 is 5.32 Å². The van der Waals surface area contributed by atoms with Gasteiger partial charge in [-0.15, -0.1) is 11.3 Å². The molecule has 0 saturated carbocycles. The fourth-order valence-corrected chi connectivity index (χ4v) is 3.14. The number of amides is 1. The molecule has 5 nitrogen and oxygen atoms in total. The van der Waals surface area contributed by atoms with E-state index in [4.69, 9.17) is 0 Å². The van der Waals surface area contributed by atoms with Gasteiger partial charge in [0.2, 0.25) is 0 Å². The van der Waals surface area contributed by atoms with E-state index in [1.54, 1.807) is 25.1 Å². The monoisotopic (exact) mass is 344 g/mol. The summed E-state index contributed by atoms with van der Waals surface area (Å²) in [4.78, 5) is 28.7. The van der Waals surface area contributed by atoms with Crippen LogP contribution in [0.3, 0.4) is 0 Å². The van der Waals surface area contributed by atoms with Gasteiger partial charge in [-0.25, -0.2) is 9.18 Å². The molecule has 122 valence electrons.